The van der Waals surface area contributed by atoms with Gasteiger partial charge in [-0.05, 0) is 43.4 Å². The van der Waals surface area contributed by atoms with Crippen LogP contribution in [0.3, 0.4) is 0 Å². The third-order valence-electron chi connectivity index (χ3n) is 4.80. The van der Waals surface area contributed by atoms with Crippen LogP contribution in [-0.4, -0.2) is 43.0 Å². The van der Waals surface area contributed by atoms with Gasteiger partial charge in [0.25, 0.3) is 5.91 Å². The first-order chi connectivity index (χ1) is 11.6. The van der Waals surface area contributed by atoms with Crippen molar-refractivity contribution in [2.24, 2.45) is 5.73 Å². The van der Waals surface area contributed by atoms with Crippen LogP contribution in [0.25, 0.3) is 0 Å². The van der Waals surface area contributed by atoms with Gasteiger partial charge < -0.3 is 15.4 Å². The number of hydrogen-bond donors (Lipinski definition) is 1. The van der Waals surface area contributed by atoms with Crippen molar-refractivity contribution in [2.45, 2.75) is 38.6 Å². The number of benzene rings is 1. The van der Waals surface area contributed by atoms with Crippen molar-refractivity contribution >= 4 is 17.5 Å². The summed E-state index contributed by atoms with van der Waals surface area (Å²) < 4.78 is 5.50. The Kier molecular flexibility index (Phi) is 5.04. The van der Waals surface area contributed by atoms with Gasteiger partial charge in [-0.1, -0.05) is 13.0 Å². The number of nitrogens with two attached hydrogens (primary N) is 1. The number of carbonyl (C=O) groups is 2. The van der Waals surface area contributed by atoms with E-state index in [9.17, 15) is 9.59 Å². The molecular formula is C18H25N3O3. The fraction of sp³-hybridized carbons (Fsp3) is 0.556. The summed E-state index contributed by atoms with van der Waals surface area (Å²) >= 11 is 0. The Morgan fingerprint density at radius 1 is 1.29 bits per heavy atom. The van der Waals surface area contributed by atoms with E-state index in [4.69, 9.17) is 10.5 Å². The molecule has 0 bridgehead atoms. The molecule has 1 fully saturated rings. The lowest BCUT2D eigenvalue weighted by Crippen LogP contribution is -2.47. The molecule has 0 radical (unpaired) electrons. The van der Waals surface area contributed by atoms with Gasteiger partial charge in [0.2, 0.25) is 5.91 Å². The Hall–Kier alpha value is -2.08. The highest BCUT2D eigenvalue weighted by molar-refractivity contribution is 6.02. The number of ether oxygens (including phenoxy) is 1. The van der Waals surface area contributed by atoms with Gasteiger partial charge in [-0.3, -0.25) is 14.5 Å². The Balaban J connectivity index is 1.82. The summed E-state index contributed by atoms with van der Waals surface area (Å²) in [5.41, 5.74) is 7.71. The molecule has 3 rings (SSSR count). The lowest BCUT2D eigenvalue weighted by molar-refractivity contribution is -0.132. The van der Waals surface area contributed by atoms with Crippen LogP contribution in [0, 0.1) is 0 Å². The lowest BCUT2D eigenvalue weighted by atomic mass is 10.0. The predicted octanol–water partition coefficient (Wildman–Crippen LogP) is 1.83. The quantitative estimate of drug-likeness (QED) is 0.913. The van der Waals surface area contributed by atoms with E-state index < -0.39 is 0 Å². The van der Waals surface area contributed by atoms with Crippen molar-refractivity contribution in [1.29, 1.82) is 0 Å². The molecule has 6 heteroatoms. The van der Waals surface area contributed by atoms with Crippen LogP contribution in [0.4, 0.5) is 5.69 Å². The Bertz CT molecular complexity index is 626. The molecule has 0 aromatic heterocycles. The zero-order chi connectivity index (χ0) is 17.1. The fourth-order valence-corrected chi connectivity index (χ4v) is 3.24. The molecule has 0 aliphatic carbocycles. The molecule has 2 aliphatic heterocycles. The summed E-state index contributed by atoms with van der Waals surface area (Å²) in [6, 6.07) is 5.55. The van der Waals surface area contributed by atoms with Crippen molar-refractivity contribution in [1.82, 2.24) is 4.90 Å². The van der Waals surface area contributed by atoms with Gasteiger partial charge in [-0.2, -0.15) is 0 Å². The van der Waals surface area contributed by atoms with Crippen LogP contribution in [0.15, 0.2) is 18.2 Å². The van der Waals surface area contributed by atoms with Crippen LogP contribution < -0.4 is 15.4 Å². The minimum Gasteiger partial charge on any atom is -0.482 e. The maximum Gasteiger partial charge on any atom is 0.265 e. The lowest BCUT2D eigenvalue weighted by Gasteiger charge is -2.33. The number of likely N-dealkylation sites (tertiary alicyclic amines) is 1. The van der Waals surface area contributed by atoms with Crippen molar-refractivity contribution in [2.75, 3.05) is 31.1 Å². The maximum absolute atomic E-state index is 12.6. The molecule has 2 N–H and O–H groups in total. The highest BCUT2D eigenvalue weighted by Gasteiger charge is 2.29. The van der Waals surface area contributed by atoms with Gasteiger partial charge in [0, 0.05) is 19.1 Å². The second-order valence-electron chi connectivity index (χ2n) is 6.45. The van der Waals surface area contributed by atoms with E-state index in [1.165, 1.54) is 6.42 Å². The van der Waals surface area contributed by atoms with Crippen molar-refractivity contribution in [3.63, 3.8) is 0 Å². The summed E-state index contributed by atoms with van der Waals surface area (Å²) in [5.74, 6) is 0.448. The topological polar surface area (TPSA) is 75.9 Å². The second kappa shape index (κ2) is 7.21. The van der Waals surface area contributed by atoms with Gasteiger partial charge >= 0.3 is 0 Å². The summed E-state index contributed by atoms with van der Waals surface area (Å²) in [4.78, 5) is 28.3. The monoisotopic (exact) mass is 331 g/mol. The molecule has 2 amide bonds. The van der Waals surface area contributed by atoms with E-state index >= 15 is 0 Å². The molecule has 0 spiro atoms. The molecule has 0 unspecified atom stereocenters. The number of amides is 2. The minimum atomic E-state index is -0.185. The van der Waals surface area contributed by atoms with Gasteiger partial charge in [-0.15, -0.1) is 0 Å². The zero-order valence-corrected chi connectivity index (χ0v) is 14.2. The molecule has 1 atom stereocenters. The van der Waals surface area contributed by atoms with E-state index in [1.54, 1.807) is 4.90 Å². The van der Waals surface area contributed by atoms with Gasteiger partial charge in [0.15, 0.2) is 6.61 Å². The van der Waals surface area contributed by atoms with E-state index in [0.717, 1.165) is 37.9 Å². The molecule has 2 aliphatic rings. The Labute approximate surface area is 142 Å². The normalized spacial score (nSPS) is 18.8. The first kappa shape index (κ1) is 16.8. The molecule has 1 aromatic rings. The van der Waals surface area contributed by atoms with E-state index in [1.807, 2.05) is 30.0 Å². The highest BCUT2D eigenvalue weighted by Crippen LogP contribution is 2.34. The van der Waals surface area contributed by atoms with Crippen molar-refractivity contribution in [3.05, 3.63) is 23.8 Å². The highest BCUT2D eigenvalue weighted by atomic mass is 16.5. The van der Waals surface area contributed by atoms with Crippen LogP contribution in [0.1, 0.15) is 44.2 Å². The summed E-state index contributed by atoms with van der Waals surface area (Å²) in [6.07, 6.45) is 4.05. The molecular weight excluding hydrogens is 306 g/mol. The Morgan fingerprint density at radius 3 is 2.75 bits per heavy atom. The van der Waals surface area contributed by atoms with Crippen LogP contribution in [0.5, 0.6) is 5.75 Å². The number of carbonyl (C=O) groups excluding carboxylic acids is 2. The minimum absolute atomic E-state index is 0.00101. The van der Waals surface area contributed by atoms with Gasteiger partial charge in [-0.25, -0.2) is 0 Å². The smallest absolute Gasteiger partial charge is 0.265 e. The predicted molar refractivity (Wildman–Crippen MR) is 91.9 cm³/mol. The van der Waals surface area contributed by atoms with E-state index in [-0.39, 0.29) is 31.0 Å². The number of rotatable bonds is 4. The van der Waals surface area contributed by atoms with E-state index in [0.29, 0.717) is 11.4 Å². The summed E-state index contributed by atoms with van der Waals surface area (Å²) in [6.45, 7) is 3.62. The van der Waals surface area contributed by atoms with Crippen LogP contribution in [0.2, 0.25) is 0 Å². The van der Waals surface area contributed by atoms with Gasteiger partial charge in [0.1, 0.15) is 12.3 Å². The Morgan fingerprint density at radius 2 is 2.04 bits per heavy atom. The average Bonchev–Trinajstić information content (AvgIpc) is 2.63. The number of anilines is 1. The average molecular weight is 331 g/mol. The van der Waals surface area contributed by atoms with Crippen LogP contribution >= 0.6 is 0 Å². The number of nitrogens with zero attached hydrogens (tertiary/aromatic N) is 2. The summed E-state index contributed by atoms with van der Waals surface area (Å²) in [5, 5.41) is 0. The first-order valence-electron chi connectivity index (χ1n) is 8.70. The molecule has 6 nitrogen and oxygen atoms in total. The number of hydrogen-bond acceptors (Lipinski definition) is 4. The van der Waals surface area contributed by atoms with Crippen molar-refractivity contribution in [3.8, 4) is 5.75 Å². The van der Waals surface area contributed by atoms with Crippen LogP contribution in [-0.2, 0) is 9.59 Å². The number of fused-ring (bicyclic) bond motifs is 1. The molecule has 24 heavy (non-hydrogen) atoms. The third-order valence-corrected chi connectivity index (χ3v) is 4.80. The SMILES string of the molecule is CC[C@@H](N)c1ccc2c(c1)N(CC(=O)N1CCCCC1)C(=O)CO2. The van der Waals surface area contributed by atoms with E-state index in [2.05, 4.69) is 0 Å². The fourth-order valence-electron chi connectivity index (χ4n) is 3.24. The largest absolute Gasteiger partial charge is 0.482 e. The first-order valence-corrected chi connectivity index (χ1v) is 8.70. The van der Waals surface area contributed by atoms with Crippen molar-refractivity contribution < 1.29 is 14.3 Å². The molecule has 2 heterocycles. The zero-order valence-electron chi connectivity index (χ0n) is 14.2. The second-order valence-corrected chi connectivity index (χ2v) is 6.45. The third kappa shape index (κ3) is 3.38. The molecule has 1 aromatic carbocycles. The molecule has 0 saturated carbocycles. The standard InChI is InChI=1S/C18H25N3O3/c1-2-14(19)13-6-7-16-15(10-13)21(18(23)12-24-16)11-17(22)20-8-4-3-5-9-20/h6-7,10,14H,2-5,8-9,11-12,19H2,1H3/t14-/m1/s1. The molecule has 130 valence electrons. The van der Waals surface area contributed by atoms with Gasteiger partial charge in [0.05, 0.1) is 5.69 Å². The summed E-state index contributed by atoms with van der Waals surface area (Å²) in [7, 11) is 0. The number of piperidine rings is 1. The maximum atomic E-state index is 12.6. The molecule has 1 saturated heterocycles.